The third kappa shape index (κ3) is 3.21. The summed E-state index contributed by atoms with van der Waals surface area (Å²) in [5.74, 6) is 0.967. The van der Waals surface area contributed by atoms with Crippen LogP contribution < -0.4 is 5.32 Å². The Kier molecular flexibility index (Phi) is 4.36. The molecule has 107 valence electrons. The van der Waals surface area contributed by atoms with Gasteiger partial charge >= 0.3 is 0 Å². The molecular formula is C17H23N2O. The lowest BCUT2D eigenvalue weighted by Crippen LogP contribution is -2.36. The largest absolute Gasteiger partial charge is 0.338 e. The number of hydrogen-bond donors (Lipinski definition) is 0. The molecule has 1 aromatic rings. The fraction of sp³-hybridized carbons (Fsp3) is 0.588. The third-order valence-corrected chi connectivity index (χ3v) is 4.57. The lowest BCUT2D eigenvalue weighted by molar-refractivity contribution is -0.132. The van der Waals surface area contributed by atoms with Crippen molar-refractivity contribution < 1.29 is 4.79 Å². The van der Waals surface area contributed by atoms with Crippen LogP contribution in [-0.2, 0) is 17.8 Å². The Bertz CT molecular complexity index is 466. The zero-order valence-corrected chi connectivity index (χ0v) is 12.1. The molecule has 0 spiro atoms. The highest BCUT2D eigenvalue weighted by molar-refractivity contribution is 5.76. The molecule has 1 atom stereocenters. The summed E-state index contributed by atoms with van der Waals surface area (Å²) >= 11 is 0. The maximum absolute atomic E-state index is 12.3. The van der Waals surface area contributed by atoms with Crippen molar-refractivity contribution in [2.45, 2.75) is 38.6 Å². The molecule has 2 aliphatic heterocycles. The fourth-order valence-electron chi connectivity index (χ4n) is 3.29. The first-order valence-electron chi connectivity index (χ1n) is 7.81. The van der Waals surface area contributed by atoms with Gasteiger partial charge in [-0.05, 0) is 42.7 Å². The monoisotopic (exact) mass is 271 g/mol. The number of piperidine rings is 1. The van der Waals surface area contributed by atoms with E-state index in [1.165, 1.54) is 24.0 Å². The summed E-state index contributed by atoms with van der Waals surface area (Å²) < 4.78 is 0. The molecule has 2 aliphatic rings. The Morgan fingerprint density at radius 2 is 2.15 bits per heavy atom. The fourth-order valence-corrected chi connectivity index (χ4v) is 3.29. The summed E-state index contributed by atoms with van der Waals surface area (Å²) in [7, 11) is 0. The van der Waals surface area contributed by atoms with E-state index in [2.05, 4.69) is 29.6 Å². The summed E-state index contributed by atoms with van der Waals surface area (Å²) in [5.41, 5.74) is 2.72. The predicted molar refractivity (Wildman–Crippen MR) is 79.4 cm³/mol. The van der Waals surface area contributed by atoms with Crippen LogP contribution in [0.15, 0.2) is 24.3 Å². The van der Waals surface area contributed by atoms with Crippen molar-refractivity contribution in [3.8, 4) is 0 Å². The highest BCUT2D eigenvalue weighted by Crippen LogP contribution is 2.21. The van der Waals surface area contributed by atoms with Crippen LogP contribution >= 0.6 is 0 Å². The number of hydrogen-bond acceptors (Lipinski definition) is 1. The average Bonchev–Trinajstić information content (AvgIpc) is 2.53. The quantitative estimate of drug-likeness (QED) is 0.831. The molecule has 1 saturated heterocycles. The van der Waals surface area contributed by atoms with Crippen molar-refractivity contribution in [2.75, 3.05) is 19.6 Å². The van der Waals surface area contributed by atoms with E-state index < -0.39 is 0 Å². The third-order valence-electron chi connectivity index (χ3n) is 4.57. The van der Waals surface area contributed by atoms with E-state index in [1.54, 1.807) is 0 Å². The number of amides is 1. The summed E-state index contributed by atoms with van der Waals surface area (Å²) in [6.45, 7) is 3.67. The van der Waals surface area contributed by atoms with Gasteiger partial charge in [0.2, 0.25) is 5.91 Å². The zero-order chi connectivity index (χ0) is 13.8. The Labute approximate surface area is 121 Å². The topological polar surface area (TPSA) is 34.4 Å². The molecule has 0 aromatic heterocycles. The molecule has 20 heavy (non-hydrogen) atoms. The average molecular weight is 271 g/mol. The molecule has 0 aliphatic carbocycles. The highest BCUT2D eigenvalue weighted by atomic mass is 16.2. The van der Waals surface area contributed by atoms with Gasteiger partial charge in [0.1, 0.15) is 0 Å². The Balaban J connectivity index is 1.51. The first-order valence-corrected chi connectivity index (χ1v) is 7.81. The van der Waals surface area contributed by atoms with Crippen molar-refractivity contribution in [2.24, 2.45) is 5.92 Å². The van der Waals surface area contributed by atoms with E-state index >= 15 is 0 Å². The van der Waals surface area contributed by atoms with Crippen LogP contribution in [-0.4, -0.2) is 30.4 Å². The maximum atomic E-state index is 12.3. The predicted octanol–water partition coefficient (Wildman–Crippen LogP) is 2.37. The van der Waals surface area contributed by atoms with E-state index in [1.807, 2.05) is 4.90 Å². The van der Waals surface area contributed by atoms with Crippen LogP contribution in [0.2, 0.25) is 0 Å². The normalized spacial score (nSPS) is 22.4. The lowest BCUT2D eigenvalue weighted by Gasteiger charge is -2.29. The van der Waals surface area contributed by atoms with Gasteiger partial charge in [-0.2, -0.15) is 0 Å². The van der Waals surface area contributed by atoms with Crippen LogP contribution in [0.5, 0.6) is 0 Å². The first-order chi connectivity index (χ1) is 9.83. The number of rotatable bonds is 3. The molecule has 1 fully saturated rings. The lowest BCUT2D eigenvalue weighted by atomic mass is 9.94. The van der Waals surface area contributed by atoms with Crippen molar-refractivity contribution in [1.29, 1.82) is 0 Å². The molecule has 3 rings (SSSR count). The minimum atomic E-state index is 0.324. The van der Waals surface area contributed by atoms with Gasteiger partial charge in [-0.15, -0.1) is 0 Å². The Morgan fingerprint density at radius 1 is 1.30 bits per heavy atom. The van der Waals surface area contributed by atoms with Crippen LogP contribution in [0.1, 0.15) is 36.8 Å². The van der Waals surface area contributed by atoms with Gasteiger partial charge in [-0.1, -0.05) is 24.3 Å². The number of nitrogens with zero attached hydrogens (tertiary/aromatic N) is 2. The van der Waals surface area contributed by atoms with E-state index in [9.17, 15) is 4.79 Å². The number of carbonyl (C=O) groups is 1. The van der Waals surface area contributed by atoms with Gasteiger partial charge in [0.05, 0.1) is 0 Å². The van der Waals surface area contributed by atoms with E-state index in [4.69, 9.17) is 0 Å². The minimum absolute atomic E-state index is 0.324. The smallest absolute Gasteiger partial charge is 0.222 e. The summed E-state index contributed by atoms with van der Waals surface area (Å²) in [6, 6.07) is 8.48. The Hall–Kier alpha value is -1.35. The minimum Gasteiger partial charge on any atom is -0.338 e. The van der Waals surface area contributed by atoms with E-state index in [-0.39, 0.29) is 0 Å². The molecule has 1 aromatic carbocycles. The molecule has 0 N–H and O–H groups in total. The highest BCUT2D eigenvalue weighted by Gasteiger charge is 2.21. The number of fused-ring (bicyclic) bond motifs is 1. The van der Waals surface area contributed by atoms with Gasteiger partial charge in [-0.3, -0.25) is 4.79 Å². The Morgan fingerprint density at radius 3 is 2.95 bits per heavy atom. The summed E-state index contributed by atoms with van der Waals surface area (Å²) in [6.07, 6.45) is 5.17. The van der Waals surface area contributed by atoms with Crippen molar-refractivity contribution in [3.63, 3.8) is 0 Å². The molecule has 1 amide bonds. The number of benzene rings is 1. The van der Waals surface area contributed by atoms with Crippen molar-refractivity contribution in [3.05, 3.63) is 35.4 Å². The van der Waals surface area contributed by atoms with E-state index in [0.29, 0.717) is 18.2 Å². The molecule has 2 heterocycles. The van der Waals surface area contributed by atoms with Crippen molar-refractivity contribution >= 4 is 5.91 Å². The molecule has 0 saturated carbocycles. The number of carbonyl (C=O) groups excluding carboxylic acids is 1. The molecule has 0 bridgehead atoms. The van der Waals surface area contributed by atoms with Gasteiger partial charge in [-0.25, -0.2) is 5.32 Å². The van der Waals surface area contributed by atoms with Crippen LogP contribution in [0, 0.1) is 5.92 Å². The molecule has 3 heteroatoms. The summed E-state index contributed by atoms with van der Waals surface area (Å²) in [4.78, 5) is 14.4. The van der Waals surface area contributed by atoms with Crippen molar-refractivity contribution in [1.82, 2.24) is 10.2 Å². The van der Waals surface area contributed by atoms with Gasteiger partial charge in [0.15, 0.2) is 0 Å². The van der Waals surface area contributed by atoms with E-state index in [0.717, 1.165) is 39.0 Å². The van der Waals surface area contributed by atoms with Gasteiger partial charge < -0.3 is 4.90 Å². The summed E-state index contributed by atoms with van der Waals surface area (Å²) in [5, 5.41) is 4.45. The van der Waals surface area contributed by atoms with Crippen LogP contribution in [0.4, 0.5) is 0 Å². The maximum Gasteiger partial charge on any atom is 0.222 e. The van der Waals surface area contributed by atoms with Crippen LogP contribution in [0.3, 0.4) is 0 Å². The second kappa shape index (κ2) is 6.40. The SMILES string of the molecule is O=C(CCC1CCC[N]C1)N1CCc2ccccc2C1. The molecule has 1 unspecified atom stereocenters. The second-order valence-corrected chi connectivity index (χ2v) is 6.01. The van der Waals surface area contributed by atoms with Crippen LogP contribution in [0.25, 0.3) is 0 Å². The second-order valence-electron chi connectivity index (χ2n) is 6.01. The van der Waals surface area contributed by atoms with Gasteiger partial charge in [0.25, 0.3) is 0 Å². The molecule has 3 nitrogen and oxygen atoms in total. The molecule has 1 radical (unpaired) electrons. The van der Waals surface area contributed by atoms with Gasteiger partial charge in [0, 0.05) is 32.6 Å². The molecular weight excluding hydrogens is 248 g/mol. The zero-order valence-electron chi connectivity index (χ0n) is 12.1. The first kappa shape index (κ1) is 13.6. The standard InChI is InChI=1S/C17H23N2O/c20-17(8-7-14-4-3-10-18-12-14)19-11-9-15-5-1-2-6-16(15)13-19/h1-2,5-6,14H,3-4,7-13H2.